The maximum absolute atomic E-state index is 12.7. The van der Waals surface area contributed by atoms with Gasteiger partial charge in [-0.2, -0.15) is 0 Å². The molecule has 0 saturated heterocycles. The van der Waals surface area contributed by atoms with Crippen LogP contribution >= 0.6 is 0 Å². The van der Waals surface area contributed by atoms with E-state index in [0.717, 1.165) is 42.7 Å². The average molecular weight is 343 g/mol. The number of ether oxygens (including phenoxy) is 1. The number of nitrogens with zero attached hydrogens (tertiary/aromatic N) is 1. The number of aliphatic hydroxyl groups is 1. The summed E-state index contributed by atoms with van der Waals surface area (Å²) in [6, 6.07) is 7.57. The summed E-state index contributed by atoms with van der Waals surface area (Å²) in [7, 11) is 1.62. The normalized spacial score (nSPS) is 20.3. The number of benzene rings is 1. The van der Waals surface area contributed by atoms with Crippen LogP contribution in [0.25, 0.3) is 11.4 Å². The van der Waals surface area contributed by atoms with Crippen molar-refractivity contribution in [2.75, 3.05) is 13.7 Å². The third-order valence-electron chi connectivity index (χ3n) is 4.90. The lowest BCUT2D eigenvalue weighted by atomic mass is 9.85. The van der Waals surface area contributed by atoms with E-state index in [4.69, 9.17) is 4.74 Å². The molecule has 1 aliphatic rings. The number of aromatic nitrogens is 2. The topological polar surface area (TPSA) is 87.2 Å². The minimum Gasteiger partial charge on any atom is -0.497 e. The molecular weight excluding hydrogens is 318 g/mol. The predicted molar refractivity (Wildman–Crippen MR) is 95.6 cm³/mol. The van der Waals surface area contributed by atoms with Crippen LogP contribution in [0.3, 0.4) is 0 Å². The van der Waals surface area contributed by atoms with Gasteiger partial charge >= 0.3 is 0 Å². The standard InChI is InChI=1S/C19H25N3O3/c1-12-17(19(24)21-16-9-4-3-6-14(16)11-23)22-18(20-12)13-7-5-8-15(10-13)25-2/h5,7-8,10,14,16,23H,3-4,6,9,11H2,1-2H3,(H,20,22)(H,21,24). The Bertz CT molecular complexity index is 741. The van der Waals surface area contributed by atoms with Crippen LogP contribution in [0.4, 0.5) is 0 Å². The van der Waals surface area contributed by atoms with Gasteiger partial charge in [0.15, 0.2) is 0 Å². The van der Waals surface area contributed by atoms with Gasteiger partial charge in [0, 0.05) is 29.8 Å². The number of carbonyl (C=O) groups excluding carboxylic acids is 1. The number of aromatic amines is 1. The number of aliphatic hydroxyl groups excluding tert-OH is 1. The van der Waals surface area contributed by atoms with Crippen LogP contribution in [0, 0.1) is 12.8 Å². The highest BCUT2D eigenvalue weighted by atomic mass is 16.5. The molecule has 6 heteroatoms. The fraction of sp³-hybridized carbons (Fsp3) is 0.474. The summed E-state index contributed by atoms with van der Waals surface area (Å²) in [5.74, 6) is 1.33. The van der Waals surface area contributed by atoms with Crippen molar-refractivity contribution in [3.05, 3.63) is 35.7 Å². The Kier molecular flexibility index (Phi) is 5.38. The summed E-state index contributed by atoms with van der Waals surface area (Å²) in [6.07, 6.45) is 4.05. The van der Waals surface area contributed by atoms with Crippen molar-refractivity contribution >= 4 is 5.91 Å². The molecule has 0 aliphatic heterocycles. The van der Waals surface area contributed by atoms with Crippen LogP contribution in [0.1, 0.15) is 41.9 Å². The van der Waals surface area contributed by atoms with E-state index >= 15 is 0 Å². The summed E-state index contributed by atoms with van der Waals surface area (Å²) < 4.78 is 5.24. The fourth-order valence-electron chi connectivity index (χ4n) is 3.44. The highest BCUT2D eigenvalue weighted by Crippen LogP contribution is 2.25. The number of H-pyrrole nitrogens is 1. The smallest absolute Gasteiger partial charge is 0.271 e. The number of imidazole rings is 1. The van der Waals surface area contributed by atoms with Crippen molar-refractivity contribution in [1.82, 2.24) is 15.3 Å². The van der Waals surface area contributed by atoms with Gasteiger partial charge < -0.3 is 20.1 Å². The Balaban J connectivity index is 1.78. The van der Waals surface area contributed by atoms with Gasteiger partial charge in [-0.3, -0.25) is 4.79 Å². The van der Waals surface area contributed by atoms with Gasteiger partial charge in [0.25, 0.3) is 5.91 Å². The highest BCUT2D eigenvalue weighted by Gasteiger charge is 2.27. The molecule has 1 aliphatic carbocycles. The molecule has 1 aromatic carbocycles. The first-order valence-corrected chi connectivity index (χ1v) is 8.75. The molecule has 25 heavy (non-hydrogen) atoms. The zero-order chi connectivity index (χ0) is 17.8. The predicted octanol–water partition coefficient (Wildman–Crippen LogP) is 2.67. The Hall–Kier alpha value is -2.34. The lowest BCUT2D eigenvalue weighted by Gasteiger charge is -2.30. The first-order chi connectivity index (χ1) is 12.1. The molecule has 1 amide bonds. The van der Waals surface area contributed by atoms with Crippen molar-refractivity contribution in [2.45, 2.75) is 38.6 Å². The quantitative estimate of drug-likeness (QED) is 0.779. The molecule has 1 aromatic heterocycles. The Labute approximate surface area is 147 Å². The van der Waals surface area contributed by atoms with Gasteiger partial charge in [-0.25, -0.2) is 4.98 Å². The molecule has 1 heterocycles. The van der Waals surface area contributed by atoms with E-state index in [0.29, 0.717) is 11.5 Å². The maximum atomic E-state index is 12.7. The van der Waals surface area contributed by atoms with E-state index in [1.807, 2.05) is 31.2 Å². The van der Waals surface area contributed by atoms with E-state index in [2.05, 4.69) is 15.3 Å². The lowest BCUT2D eigenvalue weighted by molar-refractivity contribution is 0.0867. The van der Waals surface area contributed by atoms with Crippen LogP contribution in [0.15, 0.2) is 24.3 Å². The average Bonchev–Trinajstić information content (AvgIpc) is 3.04. The molecule has 3 N–H and O–H groups in total. The molecule has 2 unspecified atom stereocenters. The zero-order valence-corrected chi connectivity index (χ0v) is 14.7. The summed E-state index contributed by atoms with van der Waals surface area (Å²) in [5.41, 5.74) is 2.00. The number of amides is 1. The van der Waals surface area contributed by atoms with Gasteiger partial charge in [-0.15, -0.1) is 0 Å². The van der Waals surface area contributed by atoms with Crippen molar-refractivity contribution in [2.24, 2.45) is 5.92 Å². The molecule has 0 bridgehead atoms. The first kappa shape index (κ1) is 17.5. The third-order valence-corrected chi connectivity index (χ3v) is 4.90. The van der Waals surface area contributed by atoms with E-state index < -0.39 is 0 Å². The minimum atomic E-state index is -0.187. The van der Waals surface area contributed by atoms with Crippen LogP contribution in [0.2, 0.25) is 0 Å². The number of rotatable bonds is 5. The van der Waals surface area contributed by atoms with E-state index in [-0.39, 0.29) is 24.5 Å². The maximum Gasteiger partial charge on any atom is 0.271 e. The molecule has 1 saturated carbocycles. The Morgan fingerprint density at radius 3 is 2.96 bits per heavy atom. The summed E-state index contributed by atoms with van der Waals surface area (Å²) in [6.45, 7) is 1.95. The van der Waals surface area contributed by atoms with Crippen molar-refractivity contribution in [3.8, 4) is 17.1 Å². The van der Waals surface area contributed by atoms with Gasteiger partial charge in [0.2, 0.25) is 0 Å². The molecular formula is C19H25N3O3. The second-order valence-corrected chi connectivity index (χ2v) is 6.60. The molecule has 2 aromatic rings. The summed E-state index contributed by atoms with van der Waals surface area (Å²) in [5, 5.41) is 12.6. The van der Waals surface area contributed by atoms with Gasteiger partial charge in [0.1, 0.15) is 17.3 Å². The van der Waals surface area contributed by atoms with Crippen LogP contribution < -0.4 is 10.1 Å². The zero-order valence-electron chi connectivity index (χ0n) is 14.7. The summed E-state index contributed by atoms with van der Waals surface area (Å²) in [4.78, 5) is 20.3. The largest absolute Gasteiger partial charge is 0.497 e. The molecule has 2 atom stereocenters. The van der Waals surface area contributed by atoms with E-state index in [1.165, 1.54) is 0 Å². The van der Waals surface area contributed by atoms with Crippen molar-refractivity contribution < 1.29 is 14.6 Å². The number of aryl methyl sites for hydroxylation is 1. The lowest BCUT2D eigenvalue weighted by Crippen LogP contribution is -2.43. The van der Waals surface area contributed by atoms with Crippen molar-refractivity contribution in [1.29, 1.82) is 0 Å². The number of hydrogen-bond acceptors (Lipinski definition) is 4. The summed E-state index contributed by atoms with van der Waals surface area (Å²) >= 11 is 0. The molecule has 1 fully saturated rings. The monoisotopic (exact) mass is 343 g/mol. The molecule has 134 valence electrons. The first-order valence-electron chi connectivity index (χ1n) is 8.75. The molecule has 3 rings (SSSR count). The number of carbonyl (C=O) groups is 1. The number of methoxy groups -OCH3 is 1. The van der Waals surface area contributed by atoms with Crippen LogP contribution in [-0.4, -0.2) is 40.7 Å². The third kappa shape index (κ3) is 3.85. The van der Waals surface area contributed by atoms with Crippen LogP contribution in [-0.2, 0) is 0 Å². The highest BCUT2D eigenvalue weighted by molar-refractivity contribution is 5.94. The van der Waals surface area contributed by atoms with Crippen LogP contribution in [0.5, 0.6) is 5.75 Å². The van der Waals surface area contributed by atoms with Gasteiger partial charge in [-0.05, 0) is 31.9 Å². The second kappa shape index (κ2) is 7.70. The Morgan fingerprint density at radius 1 is 1.40 bits per heavy atom. The number of hydrogen-bond donors (Lipinski definition) is 3. The Morgan fingerprint density at radius 2 is 2.20 bits per heavy atom. The van der Waals surface area contributed by atoms with E-state index in [1.54, 1.807) is 7.11 Å². The van der Waals surface area contributed by atoms with E-state index in [9.17, 15) is 9.90 Å². The van der Waals surface area contributed by atoms with Crippen molar-refractivity contribution in [3.63, 3.8) is 0 Å². The van der Waals surface area contributed by atoms with Gasteiger partial charge in [0.05, 0.1) is 7.11 Å². The minimum absolute atomic E-state index is 0.0163. The fourth-order valence-corrected chi connectivity index (χ4v) is 3.44. The molecule has 0 spiro atoms. The molecule has 0 radical (unpaired) electrons. The second-order valence-electron chi connectivity index (χ2n) is 6.60. The number of nitrogens with one attached hydrogen (secondary N) is 2. The molecule has 6 nitrogen and oxygen atoms in total. The SMILES string of the molecule is COc1cccc(-c2nc(C(=O)NC3CCCCC3CO)c(C)[nH]2)c1. The van der Waals surface area contributed by atoms with Gasteiger partial charge in [-0.1, -0.05) is 25.0 Å².